The summed E-state index contributed by atoms with van der Waals surface area (Å²) in [6.07, 6.45) is 2.02. The molecule has 4 heteroatoms. The minimum absolute atomic E-state index is 0.154. The molecule has 2 atom stereocenters. The van der Waals surface area contributed by atoms with Gasteiger partial charge < -0.3 is 5.32 Å². The summed E-state index contributed by atoms with van der Waals surface area (Å²) < 4.78 is 26.5. The Bertz CT molecular complexity index is 434. The highest BCUT2D eigenvalue weighted by atomic mass is 19.2. The number of benzene rings is 1. The van der Waals surface area contributed by atoms with Crippen molar-refractivity contribution < 1.29 is 8.78 Å². The molecule has 1 fully saturated rings. The number of nitrogens with one attached hydrogen (secondary N) is 1. The standard InChI is InChI=1S/C15H22F2N2/c1-10(2)19-7-6-12(18-3)9-15(19)11-4-5-13(16)14(17)8-11/h4-5,8,10,12,15,18H,6-7,9H2,1-3H3. The second kappa shape index (κ2) is 5.97. The second-order valence-corrected chi connectivity index (χ2v) is 5.53. The number of hydrogen-bond donors (Lipinski definition) is 1. The molecule has 0 radical (unpaired) electrons. The molecule has 19 heavy (non-hydrogen) atoms. The summed E-state index contributed by atoms with van der Waals surface area (Å²) >= 11 is 0. The van der Waals surface area contributed by atoms with Gasteiger partial charge in [0.1, 0.15) is 0 Å². The first-order valence-corrected chi connectivity index (χ1v) is 6.91. The molecule has 0 bridgehead atoms. The van der Waals surface area contributed by atoms with E-state index in [1.807, 2.05) is 7.05 Å². The first-order valence-electron chi connectivity index (χ1n) is 6.91. The summed E-state index contributed by atoms with van der Waals surface area (Å²) in [6.45, 7) is 5.27. The maximum atomic E-state index is 13.4. The van der Waals surface area contributed by atoms with Gasteiger partial charge in [-0.15, -0.1) is 0 Å². The van der Waals surface area contributed by atoms with E-state index < -0.39 is 11.6 Å². The van der Waals surface area contributed by atoms with Crippen LogP contribution in [0, 0.1) is 11.6 Å². The average molecular weight is 268 g/mol. The molecular weight excluding hydrogens is 246 g/mol. The van der Waals surface area contributed by atoms with Crippen LogP contribution >= 0.6 is 0 Å². The lowest BCUT2D eigenvalue weighted by molar-refractivity contribution is 0.0942. The van der Waals surface area contributed by atoms with Crippen LogP contribution in [0.15, 0.2) is 18.2 Å². The number of halogens is 2. The molecular formula is C15H22F2N2. The lowest BCUT2D eigenvalue weighted by Gasteiger charge is -2.42. The normalized spacial score (nSPS) is 24.9. The topological polar surface area (TPSA) is 15.3 Å². The molecule has 1 heterocycles. The zero-order valence-electron chi connectivity index (χ0n) is 11.8. The summed E-state index contributed by atoms with van der Waals surface area (Å²) in [4.78, 5) is 2.36. The summed E-state index contributed by atoms with van der Waals surface area (Å²) in [6, 6.07) is 5.26. The van der Waals surface area contributed by atoms with Gasteiger partial charge in [0.05, 0.1) is 0 Å². The van der Waals surface area contributed by atoms with Crippen LogP contribution in [0.4, 0.5) is 8.78 Å². The second-order valence-electron chi connectivity index (χ2n) is 5.53. The molecule has 0 spiro atoms. The van der Waals surface area contributed by atoms with Gasteiger partial charge in [0.2, 0.25) is 0 Å². The Hall–Kier alpha value is -1.00. The molecule has 2 rings (SSSR count). The van der Waals surface area contributed by atoms with Crippen LogP contribution in [-0.4, -0.2) is 30.6 Å². The number of hydrogen-bond acceptors (Lipinski definition) is 2. The smallest absolute Gasteiger partial charge is 0.159 e. The van der Waals surface area contributed by atoms with Crippen LogP contribution in [-0.2, 0) is 0 Å². The zero-order chi connectivity index (χ0) is 14.0. The van der Waals surface area contributed by atoms with Crippen LogP contribution in [0.5, 0.6) is 0 Å². The number of nitrogens with zero attached hydrogens (tertiary/aromatic N) is 1. The summed E-state index contributed by atoms with van der Waals surface area (Å²) in [5.41, 5.74) is 0.868. The van der Waals surface area contributed by atoms with Crippen molar-refractivity contribution in [3.63, 3.8) is 0 Å². The van der Waals surface area contributed by atoms with Crippen molar-refractivity contribution in [2.24, 2.45) is 0 Å². The van der Waals surface area contributed by atoms with Gasteiger partial charge >= 0.3 is 0 Å². The van der Waals surface area contributed by atoms with E-state index in [4.69, 9.17) is 0 Å². The lowest BCUT2D eigenvalue weighted by atomic mass is 9.90. The average Bonchev–Trinajstić information content (AvgIpc) is 2.41. The molecule has 1 saturated heterocycles. The Morgan fingerprint density at radius 2 is 2.00 bits per heavy atom. The first kappa shape index (κ1) is 14.4. The van der Waals surface area contributed by atoms with Crippen LogP contribution in [0.1, 0.15) is 38.3 Å². The van der Waals surface area contributed by atoms with Gasteiger partial charge in [0, 0.05) is 24.7 Å². The van der Waals surface area contributed by atoms with Gasteiger partial charge in [-0.1, -0.05) is 6.07 Å². The quantitative estimate of drug-likeness (QED) is 0.906. The van der Waals surface area contributed by atoms with Crippen molar-refractivity contribution in [2.75, 3.05) is 13.6 Å². The predicted octanol–water partition coefficient (Wildman–Crippen LogP) is 3.10. The molecule has 0 saturated carbocycles. The van der Waals surface area contributed by atoms with Gasteiger partial charge in [-0.05, 0) is 51.4 Å². The third-order valence-corrected chi connectivity index (χ3v) is 4.04. The fourth-order valence-electron chi connectivity index (χ4n) is 2.91. The van der Waals surface area contributed by atoms with Crippen LogP contribution in [0.3, 0.4) is 0 Å². The molecule has 1 aliphatic heterocycles. The highest BCUT2D eigenvalue weighted by molar-refractivity contribution is 5.22. The first-order chi connectivity index (χ1) is 9.02. The van der Waals surface area contributed by atoms with E-state index in [9.17, 15) is 8.78 Å². The van der Waals surface area contributed by atoms with E-state index in [0.717, 1.165) is 24.9 Å². The summed E-state index contributed by atoms with van der Waals surface area (Å²) in [7, 11) is 1.96. The van der Waals surface area contributed by atoms with E-state index in [1.54, 1.807) is 6.07 Å². The molecule has 2 nitrogen and oxygen atoms in total. The molecule has 1 aromatic carbocycles. The Balaban J connectivity index is 2.27. The van der Waals surface area contributed by atoms with E-state index in [-0.39, 0.29) is 6.04 Å². The van der Waals surface area contributed by atoms with Gasteiger partial charge in [0.25, 0.3) is 0 Å². The van der Waals surface area contributed by atoms with Gasteiger partial charge in [0.15, 0.2) is 11.6 Å². The van der Waals surface area contributed by atoms with Gasteiger partial charge in [-0.2, -0.15) is 0 Å². The highest BCUT2D eigenvalue weighted by Gasteiger charge is 2.30. The van der Waals surface area contributed by atoms with Crippen LogP contribution in [0.2, 0.25) is 0 Å². The fourth-order valence-corrected chi connectivity index (χ4v) is 2.91. The third-order valence-electron chi connectivity index (χ3n) is 4.04. The largest absolute Gasteiger partial charge is 0.317 e. The zero-order valence-corrected chi connectivity index (χ0v) is 11.8. The van der Waals surface area contributed by atoms with Crippen molar-refractivity contribution in [3.8, 4) is 0 Å². The Kier molecular flexibility index (Phi) is 4.53. The van der Waals surface area contributed by atoms with Crippen molar-refractivity contribution in [2.45, 2.75) is 44.8 Å². The Morgan fingerprint density at radius 1 is 1.26 bits per heavy atom. The molecule has 0 aliphatic carbocycles. The van der Waals surface area contributed by atoms with Gasteiger partial charge in [-0.25, -0.2) is 8.78 Å². The van der Waals surface area contributed by atoms with Crippen LogP contribution < -0.4 is 5.32 Å². The molecule has 0 aromatic heterocycles. The number of piperidine rings is 1. The third kappa shape index (κ3) is 3.12. The number of rotatable bonds is 3. The SMILES string of the molecule is CNC1CCN(C(C)C)C(c2ccc(F)c(F)c2)C1. The number of likely N-dealkylation sites (tertiary alicyclic amines) is 1. The maximum Gasteiger partial charge on any atom is 0.159 e. The lowest BCUT2D eigenvalue weighted by Crippen LogP contribution is -2.46. The van der Waals surface area contributed by atoms with Crippen molar-refractivity contribution in [1.29, 1.82) is 0 Å². The van der Waals surface area contributed by atoms with E-state index in [1.165, 1.54) is 12.1 Å². The molecule has 1 aromatic rings. The van der Waals surface area contributed by atoms with E-state index in [0.29, 0.717) is 12.1 Å². The van der Waals surface area contributed by atoms with Gasteiger partial charge in [-0.3, -0.25) is 4.90 Å². The fraction of sp³-hybridized carbons (Fsp3) is 0.600. The van der Waals surface area contributed by atoms with E-state index >= 15 is 0 Å². The van der Waals surface area contributed by atoms with Crippen LogP contribution in [0.25, 0.3) is 0 Å². The maximum absolute atomic E-state index is 13.4. The Labute approximate surface area is 113 Å². The summed E-state index contributed by atoms with van der Waals surface area (Å²) in [5.74, 6) is -1.53. The predicted molar refractivity (Wildman–Crippen MR) is 73.0 cm³/mol. The molecule has 0 amide bonds. The van der Waals surface area contributed by atoms with Crippen molar-refractivity contribution in [3.05, 3.63) is 35.4 Å². The molecule has 2 unspecified atom stereocenters. The molecule has 1 N–H and O–H groups in total. The Morgan fingerprint density at radius 3 is 2.58 bits per heavy atom. The molecule has 1 aliphatic rings. The minimum atomic E-state index is -0.777. The summed E-state index contributed by atoms with van der Waals surface area (Å²) in [5, 5.41) is 3.29. The molecule has 106 valence electrons. The minimum Gasteiger partial charge on any atom is -0.317 e. The van der Waals surface area contributed by atoms with E-state index in [2.05, 4.69) is 24.1 Å². The highest BCUT2D eigenvalue weighted by Crippen LogP contribution is 2.33. The monoisotopic (exact) mass is 268 g/mol. The van der Waals surface area contributed by atoms with Crippen molar-refractivity contribution >= 4 is 0 Å². The van der Waals surface area contributed by atoms with Crippen molar-refractivity contribution in [1.82, 2.24) is 10.2 Å².